The number of hydrogen-bond acceptors (Lipinski definition) is 8. The molecule has 2 aliphatic carbocycles. The van der Waals surface area contributed by atoms with Crippen molar-refractivity contribution in [3.8, 4) is 0 Å². The van der Waals surface area contributed by atoms with E-state index in [-0.39, 0.29) is 29.3 Å². The highest BCUT2D eigenvalue weighted by Crippen LogP contribution is 2.67. The van der Waals surface area contributed by atoms with Crippen molar-refractivity contribution in [1.29, 1.82) is 0 Å². The number of carbonyl (C=O) groups excluding carboxylic acids is 3. The molecule has 1 aliphatic heterocycles. The molecule has 1 saturated carbocycles. The molecule has 1 saturated heterocycles. The first kappa shape index (κ1) is 29.1. The summed E-state index contributed by atoms with van der Waals surface area (Å²) >= 11 is 0. The summed E-state index contributed by atoms with van der Waals surface area (Å²) in [4.78, 5) is 36.9. The van der Waals surface area contributed by atoms with E-state index in [1.165, 1.54) is 13.8 Å². The van der Waals surface area contributed by atoms with Crippen molar-refractivity contribution >= 4 is 17.9 Å². The van der Waals surface area contributed by atoms with Gasteiger partial charge in [0.15, 0.2) is 0 Å². The van der Waals surface area contributed by atoms with E-state index in [0.717, 1.165) is 18.4 Å². The zero-order valence-corrected chi connectivity index (χ0v) is 23.0. The Morgan fingerprint density at radius 1 is 1.14 bits per heavy atom. The second-order valence-electron chi connectivity index (χ2n) is 10.9. The molecule has 0 aromatic heterocycles. The molecule has 37 heavy (non-hydrogen) atoms. The van der Waals surface area contributed by atoms with Crippen molar-refractivity contribution in [1.82, 2.24) is 0 Å². The maximum atomic E-state index is 12.5. The lowest BCUT2D eigenvalue weighted by Gasteiger charge is -2.61. The normalized spacial score (nSPS) is 36.4. The summed E-state index contributed by atoms with van der Waals surface area (Å²) in [6, 6.07) is 0. The van der Waals surface area contributed by atoms with Gasteiger partial charge in [-0.2, -0.15) is 0 Å². The number of rotatable bonds is 10. The Labute approximate surface area is 220 Å². The van der Waals surface area contributed by atoms with Crippen molar-refractivity contribution in [2.24, 2.45) is 22.7 Å². The van der Waals surface area contributed by atoms with Crippen LogP contribution in [0.1, 0.15) is 73.1 Å². The lowest BCUT2D eigenvalue weighted by atomic mass is 9.45. The largest absolute Gasteiger partial charge is 0.458 e. The summed E-state index contributed by atoms with van der Waals surface area (Å²) in [7, 11) is 1.64. The third-order valence-corrected chi connectivity index (χ3v) is 8.66. The number of hydrogen-bond donors (Lipinski definition) is 0. The molecule has 1 spiro atoms. The summed E-state index contributed by atoms with van der Waals surface area (Å²) in [5.41, 5.74) is 0.339. The Bertz CT molecular complexity index is 954. The van der Waals surface area contributed by atoms with Crippen LogP contribution in [-0.4, -0.2) is 49.8 Å². The SMILES string of the molecule is C=CC(=C)CC[C@]1(C)[C@H](C)C[C@H](OC)[C@@]23C(=C[C@H](OC(=O)CCC)C[C@@H]12)[C@@H](OC(C)=O)O[C@H]3OC(C)=O. The van der Waals surface area contributed by atoms with Crippen LogP contribution in [0.2, 0.25) is 0 Å². The van der Waals surface area contributed by atoms with Crippen LogP contribution in [0.25, 0.3) is 0 Å². The molecular formula is C29H42O8. The Hall–Kier alpha value is -2.45. The van der Waals surface area contributed by atoms with Crippen LogP contribution in [0.5, 0.6) is 0 Å². The van der Waals surface area contributed by atoms with E-state index >= 15 is 0 Å². The van der Waals surface area contributed by atoms with Crippen LogP contribution < -0.4 is 0 Å². The molecule has 0 aromatic carbocycles. The molecule has 0 unspecified atom stereocenters. The minimum atomic E-state index is -1.09. The standard InChI is InChI=1S/C29H42O8/c1-9-11-25(32)36-21-15-22-26(34-19(5)30)37-27(35-20(6)31)29(22)23(16-21)28(7,13-12-17(3)10-2)18(4)14-24(29)33-8/h10,15,18,21,23-24,26-27H,2-3,9,11-14,16H2,1,4-8H3/t18-,21+,23+,24+,26+,27-,28-,29-/m1/s1. The molecule has 8 nitrogen and oxygen atoms in total. The predicted octanol–water partition coefficient (Wildman–Crippen LogP) is 5.02. The third kappa shape index (κ3) is 5.41. The van der Waals surface area contributed by atoms with Gasteiger partial charge in [0.1, 0.15) is 6.10 Å². The topological polar surface area (TPSA) is 97.4 Å². The van der Waals surface area contributed by atoms with Crippen LogP contribution in [0.15, 0.2) is 36.5 Å². The van der Waals surface area contributed by atoms with Crippen LogP contribution in [-0.2, 0) is 38.1 Å². The Kier molecular flexibility index (Phi) is 9.06. The summed E-state index contributed by atoms with van der Waals surface area (Å²) in [5, 5.41) is 0. The molecule has 3 aliphatic rings. The van der Waals surface area contributed by atoms with Gasteiger partial charge in [-0.15, -0.1) is 0 Å². The van der Waals surface area contributed by atoms with Gasteiger partial charge in [-0.1, -0.05) is 45.6 Å². The van der Waals surface area contributed by atoms with Gasteiger partial charge in [-0.25, -0.2) is 0 Å². The molecule has 3 rings (SSSR count). The van der Waals surface area contributed by atoms with Crippen LogP contribution in [0.4, 0.5) is 0 Å². The van der Waals surface area contributed by atoms with Crippen molar-refractivity contribution in [3.05, 3.63) is 36.5 Å². The van der Waals surface area contributed by atoms with Crippen LogP contribution in [0, 0.1) is 22.7 Å². The first-order chi connectivity index (χ1) is 17.4. The fourth-order valence-corrected chi connectivity index (χ4v) is 6.70. The van der Waals surface area contributed by atoms with Gasteiger partial charge in [0.05, 0.1) is 11.5 Å². The number of methoxy groups -OCH3 is 1. The minimum Gasteiger partial charge on any atom is -0.458 e. The molecule has 8 heteroatoms. The van der Waals surface area contributed by atoms with Crippen molar-refractivity contribution in [3.63, 3.8) is 0 Å². The highest BCUT2D eigenvalue weighted by Gasteiger charge is 2.71. The van der Waals surface area contributed by atoms with E-state index in [1.807, 2.05) is 13.0 Å². The second kappa shape index (κ2) is 11.5. The molecule has 1 heterocycles. The molecule has 0 bridgehead atoms. The number of carbonyl (C=O) groups is 3. The predicted molar refractivity (Wildman–Crippen MR) is 137 cm³/mol. The van der Waals surface area contributed by atoms with Gasteiger partial charge in [-0.05, 0) is 55.4 Å². The number of allylic oxidation sites excluding steroid dienone is 2. The van der Waals surface area contributed by atoms with E-state index in [0.29, 0.717) is 31.3 Å². The Balaban J connectivity index is 2.22. The van der Waals surface area contributed by atoms with E-state index < -0.39 is 36.0 Å². The molecule has 0 N–H and O–H groups in total. The first-order valence-corrected chi connectivity index (χ1v) is 13.2. The molecule has 0 aromatic rings. The minimum absolute atomic E-state index is 0.185. The molecule has 2 fully saturated rings. The monoisotopic (exact) mass is 518 g/mol. The van der Waals surface area contributed by atoms with Crippen LogP contribution >= 0.6 is 0 Å². The maximum absolute atomic E-state index is 12.5. The number of esters is 3. The summed E-state index contributed by atoms with van der Waals surface area (Å²) in [6.45, 7) is 17.0. The van der Waals surface area contributed by atoms with Gasteiger partial charge in [0, 0.05) is 33.0 Å². The van der Waals surface area contributed by atoms with Crippen molar-refractivity contribution in [2.75, 3.05) is 7.11 Å². The van der Waals surface area contributed by atoms with Crippen molar-refractivity contribution < 1.29 is 38.1 Å². The highest BCUT2D eigenvalue weighted by molar-refractivity contribution is 5.70. The van der Waals surface area contributed by atoms with E-state index in [2.05, 4.69) is 27.0 Å². The molecule has 206 valence electrons. The fraction of sp³-hybridized carbons (Fsp3) is 0.690. The van der Waals surface area contributed by atoms with Crippen LogP contribution in [0.3, 0.4) is 0 Å². The Morgan fingerprint density at radius 3 is 2.38 bits per heavy atom. The van der Waals surface area contributed by atoms with E-state index in [4.69, 9.17) is 23.7 Å². The molecule has 0 amide bonds. The first-order valence-electron chi connectivity index (χ1n) is 13.2. The van der Waals surface area contributed by atoms with Gasteiger partial charge >= 0.3 is 17.9 Å². The molecule has 8 atom stereocenters. The van der Waals surface area contributed by atoms with Gasteiger partial charge in [-0.3, -0.25) is 19.1 Å². The van der Waals surface area contributed by atoms with E-state index in [1.54, 1.807) is 13.2 Å². The van der Waals surface area contributed by atoms with Gasteiger partial charge < -0.3 is 18.9 Å². The molecular weight excluding hydrogens is 476 g/mol. The average molecular weight is 519 g/mol. The second-order valence-corrected chi connectivity index (χ2v) is 10.9. The summed E-state index contributed by atoms with van der Waals surface area (Å²) < 4.78 is 29.6. The molecule has 0 radical (unpaired) electrons. The Morgan fingerprint density at radius 2 is 1.81 bits per heavy atom. The zero-order valence-electron chi connectivity index (χ0n) is 23.0. The third-order valence-electron chi connectivity index (χ3n) is 8.66. The average Bonchev–Trinajstić information content (AvgIpc) is 3.11. The number of ether oxygens (including phenoxy) is 5. The van der Waals surface area contributed by atoms with Crippen molar-refractivity contribution in [2.45, 2.75) is 97.9 Å². The lowest BCUT2D eigenvalue weighted by Crippen LogP contribution is -2.63. The highest BCUT2D eigenvalue weighted by atomic mass is 16.8. The van der Waals surface area contributed by atoms with E-state index in [9.17, 15) is 14.4 Å². The summed E-state index contributed by atoms with van der Waals surface area (Å²) in [5.74, 6) is -1.30. The maximum Gasteiger partial charge on any atom is 0.306 e. The summed E-state index contributed by atoms with van der Waals surface area (Å²) in [6.07, 6.45) is 4.22. The van der Waals surface area contributed by atoms with Gasteiger partial charge in [0.25, 0.3) is 0 Å². The lowest BCUT2D eigenvalue weighted by molar-refractivity contribution is -0.257. The smallest absolute Gasteiger partial charge is 0.306 e. The van der Waals surface area contributed by atoms with Gasteiger partial charge in [0.2, 0.25) is 12.6 Å². The fourth-order valence-electron chi connectivity index (χ4n) is 6.70. The zero-order chi connectivity index (χ0) is 27.5. The quantitative estimate of drug-likeness (QED) is 0.172.